The Bertz CT molecular complexity index is 209. The molecule has 0 heterocycles. The van der Waals surface area contributed by atoms with Gasteiger partial charge in [-0.15, -0.1) is 0 Å². The molecule has 0 amide bonds. The van der Waals surface area contributed by atoms with Crippen molar-refractivity contribution in [2.24, 2.45) is 0 Å². The second kappa shape index (κ2) is 6.38. The van der Waals surface area contributed by atoms with E-state index >= 15 is 0 Å². The van der Waals surface area contributed by atoms with Gasteiger partial charge in [0.05, 0.1) is 5.60 Å². The van der Waals surface area contributed by atoms with Crippen molar-refractivity contribution >= 4 is 0 Å². The molecule has 0 aliphatic carbocycles. The van der Waals surface area contributed by atoms with Gasteiger partial charge in [0.2, 0.25) is 0 Å². The predicted molar refractivity (Wildman–Crippen MR) is 56.8 cm³/mol. The van der Waals surface area contributed by atoms with E-state index in [1.807, 2.05) is 0 Å². The number of phenolic OH excluding ortho intramolecular Hbond substituents is 1. The maximum absolute atomic E-state index is 12.0. The highest BCUT2D eigenvalue weighted by molar-refractivity contribution is 5.19. The summed E-state index contributed by atoms with van der Waals surface area (Å²) in [6, 6.07) is 5.01. The summed E-state index contributed by atoms with van der Waals surface area (Å²) in [7, 11) is 0. The maximum atomic E-state index is 12.0. The number of aromatic hydroxyl groups is 1. The monoisotopic (exact) mass is 202 g/mol. The first-order valence-electron chi connectivity index (χ1n) is 3.96. The Balaban J connectivity index is 0. The van der Waals surface area contributed by atoms with Crippen LogP contribution in [0.3, 0.4) is 0 Å². The first kappa shape index (κ1) is 15.4. The summed E-state index contributed by atoms with van der Waals surface area (Å²) in [6.45, 7) is 5.23. The van der Waals surface area contributed by atoms with Crippen LogP contribution in [0.25, 0.3) is 0 Å². The van der Waals surface area contributed by atoms with Crippen molar-refractivity contribution in [2.75, 3.05) is 0 Å². The highest BCUT2D eigenvalue weighted by atomic mass is 19.1. The highest BCUT2D eigenvalue weighted by Gasteiger charge is 1.97. The normalized spacial score (nSPS) is 9.50. The van der Waals surface area contributed by atoms with Gasteiger partial charge in [-0.3, -0.25) is 0 Å². The molecule has 82 valence electrons. The van der Waals surface area contributed by atoms with Gasteiger partial charge in [0.1, 0.15) is 11.6 Å². The molecule has 0 saturated carbocycles. The Kier molecular flexibility index (Phi) is 7.01. The summed E-state index contributed by atoms with van der Waals surface area (Å²) in [4.78, 5) is 0. The molecule has 1 aromatic rings. The van der Waals surface area contributed by atoms with Gasteiger partial charge in [-0.2, -0.15) is 0 Å². The molecule has 2 nitrogen and oxygen atoms in total. The zero-order chi connectivity index (χ0) is 10.5. The van der Waals surface area contributed by atoms with Crippen LogP contribution >= 0.6 is 0 Å². The lowest BCUT2D eigenvalue weighted by molar-refractivity contribution is 0.102. The number of halogens is 1. The first-order valence-corrected chi connectivity index (χ1v) is 3.96. The molecule has 0 aromatic heterocycles. The van der Waals surface area contributed by atoms with Gasteiger partial charge < -0.3 is 10.2 Å². The van der Waals surface area contributed by atoms with E-state index in [-0.39, 0.29) is 19.0 Å². The van der Waals surface area contributed by atoms with Crippen molar-refractivity contribution in [3.05, 3.63) is 30.1 Å². The van der Waals surface area contributed by atoms with Gasteiger partial charge in [-0.25, -0.2) is 4.39 Å². The second-order valence-corrected chi connectivity index (χ2v) is 3.65. The van der Waals surface area contributed by atoms with E-state index in [0.29, 0.717) is 0 Å². The smallest absolute Gasteiger partial charge is 0.123 e. The highest BCUT2D eigenvalue weighted by Crippen LogP contribution is 2.06. The molecule has 1 rings (SSSR count). The van der Waals surface area contributed by atoms with Crippen LogP contribution in [0, 0.1) is 5.82 Å². The second-order valence-electron chi connectivity index (χ2n) is 3.65. The quantitative estimate of drug-likeness (QED) is 0.679. The fraction of sp³-hybridized carbons (Fsp3) is 0.455. The van der Waals surface area contributed by atoms with Crippen LogP contribution < -0.4 is 0 Å². The summed E-state index contributed by atoms with van der Waals surface area (Å²) >= 11 is 0. The molecule has 0 unspecified atom stereocenters. The maximum Gasteiger partial charge on any atom is 0.123 e. The van der Waals surface area contributed by atoms with Gasteiger partial charge in [-0.1, -0.05) is 7.43 Å². The first-order chi connectivity index (χ1) is 5.79. The Morgan fingerprint density at radius 3 is 1.57 bits per heavy atom. The third kappa shape index (κ3) is 13.5. The molecule has 0 aliphatic rings. The summed E-state index contributed by atoms with van der Waals surface area (Å²) in [5.74, 6) is -0.241. The largest absolute Gasteiger partial charge is 0.508 e. The average molecular weight is 202 g/mol. The standard InChI is InChI=1S/C6H5FO.C4H10O.CH4/c7-5-1-3-6(8)4-2-5;1-4(2,3)5;/h1-4,8H;5H,1-3H3;1H4. The number of hydrogen-bond acceptors (Lipinski definition) is 2. The third-order valence-corrected chi connectivity index (χ3v) is 0.827. The molecule has 0 saturated heterocycles. The fourth-order valence-corrected chi connectivity index (χ4v) is 0.441. The van der Waals surface area contributed by atoms with E-state index in [4.69, 9.17) is 10.2 Å². The van der Waals surface area contributed by atoms with Crippen molar-refractivity contribution in [3.8, 4) is 5.75 Å². The lowest BCUT2D eigenvalue weighted by Gasteiger charge is -2.04. The van der Waals surface area contributed by atoms with Crippen molar-refractivity contribution in [3.63, 3.8) is 0 Å². The molecule has 0 fully saturated rings. The van der Waals surface area contributed by atoms with Gasteiger partial charge in [-0.05, 0) is 45.0 Å². The van der Waals surface area contributed by atoms with Gasteiger partial charge in [0, 0.05) is 0 Å². The third-order valence-electron chi connectivity index (χ3n) is 0.827. The van der Waals surface area contributed by atoms with Crippen LogP contribution in [0.15, 0.2) is 24.3 Å². The molecule has 0 radical (unpaired) electrons. The van der Waals surface area contributed by atoms with Gasteiger partial charge >= 0.3 is 0 Å². The topological polar surface area (TPSA) is 40.5 Å². The Labute approximate surface area is 85.0 Å². The molecular weight excluding hydrogens is 183 g/mol. The van der Waals surface area contributed by atoms with Crippen molar-refractivity contribution in [1.82, 2.24) is 0 Å². The van der Waals surface area contributed by atoms with E-state index in [9.17, 15) is 4.39 Å². The molecule has 0 spiro atoms. The summed E-state index contributed by atoms with van der Waals surface area (Å²) < 4.78 is 12.0. The van der Waals surface area contributed by atoms with Crippen LogP contribution in [0.2, 0.25) is 0 Å². The molecular formula is C11H19FO2. The van der Waals surface area contributed by atoms with Crippen LogP contribution in [0.1, 0.15) is 28.2 Å². The van der Waals surface area contributed by atoms with E-state index in [2.05, 4.69) is 0 Å². The zero-order valence-corrected chi connectivity index (χ0v) is 8.08. The summed E-state index contributed by atoms with van der Waals surface area (Å²) in [5.41, 5.74) is -0.500. The summed E-state index contributed by atoms with van der Waals surface area (Å²) in [6.07, 6.45) is 0. The fourth-order valence-electron chi connectivity index (χ4n) is 0.441. The molecule has 0 bridgehead atoms. The van der Waals surface area contributed by atoms with Crippen LogP contribution in [-0.4, -0.2) is 15.8 Å². The number of aliphatic hydroxyl groups is 1. The predicted octanol–water partition coefficient (Wildman–Crippen LogP) is 2.94. The average Bonchev–Trinajstić information content (AvgIpc) is 1.92. The van der Waals surface area contributed by atoms with Crippen molar-refractivity contribution in [1.29, 1.82) is 0 Å². The molecule has 2 N–H and O–H groups in total. The molecule has 0 aliphatic heterocycles. The van der Waals surface area contributed by atoms with E-state index in [0.717, 1.165) is 0 Å². The van der Waals surface area contributed by atoms with Gasteiger partial charge in [0.15, 0.2) is 0 Å². The lowest BCUT2D eigenvalue weighted by Crippen LogP contribution is -2.10. The minimum atomic E-state index is -0.500. The number of hydrogen-bond donors (Lipinski definition) is 2. The van der Waals surface area contributed by atoms with E-state index < -0.39 is 5.60 Å². The van der Waals surface area contributed by atoms with Crippen molar-refractivity contribution in [2.45, 2.75) is 33.8 Å². The van der Waals surface area contributed by atoms with Crippen LogP contribution in [0.5, 0.6) is 5.75 Å². The van der Waals surface area contributed by atoms with E-state index in [1.54, 1.807) is 20.8 Å². The Hall–Kier alpha value is -1.09. The molecule has 1 aromatic carbocycles. The Morgan fingerprint density at radius 1 is 1.07 bits per heavy atom. The van der Waals surface area contributed by atoms with Crippen LogP contribution in [-0.2, 0) is 0 Å². The molecule has 3 heteroatoms. The van der Waals surface area contributed by atoms with Gasteiger partial charge in [0.25, 0.3) is 0 Å². The van der Waals surface area contributed by atoms with Crippen LogP contribution in [0.4, 0.5) is 4.39 Å². The Morgan fingerprint density at radius 2 is 1.36 bits per heavy atom. The summed E-state index contributed by atoms with van der Waals surface area (Å²) in [5, 5.41) is 17.1. The minimum absolute atomic E-state index is 0. The molecule has 0 atom stereocenters. The SMILES string of the molecule is C.CC(C)(C)O.Oc1ccc(F)cc1. The number of rotatable bonds is 0. The van der Waals surface area contributed by atoms with Crippen molar-refractivity contribution < 1.29 is 14.6 Å². The zero-order valence-electron chi connectivity index (χ0n) is 8.08. The lowest BCUT2D eigenvalue weighted by atomic mass is 10.2. The number of phenols is 1. The molecule has 14 heavy (non-hydrogen) atoms. The number of benzene rings is 1. The minimum Gasteiger partial charge on any atom is -0.508 e. The van der Waals surface area contributed by atoms with E-state index in [1.165, 1.54) is 24.3 Å².